The van der Waals surface area contributed by atoms with Crippen LogP contribution in [0, 0.1) is 49.7 Å². The van der Waals surface area contributed by atoms with Crippen molar-refractivity contribution in [2.75, 3.05) is 0 Å². The van der Waals surface area contributed by atoms with E-state index in [9.17, 15) is 19.8 Å². The van der Waals surface area contributed by atoms with Crippen molar-refractivity contribution in [2.45, 2.75) is 158 Å². The number of aliphatic hydroxyl groups excluding tert-OH is 2. The van der Waals surface area contributed by atoms with Crippen LogP contribution in [0.25, 0.3) is 110 Å². The third-order valence-electron chi connectivity index (χ3n) is 18.5. The van der Waals surface area contributed by atoms with E-state index in [0.29, 0.717) is 11.4 Å². The molecule has 0 aliphatic heterocycles. The Hall–Kier alpha value is -6.96. The van der Waals surface area contributed by atoms with Crippen LogP contribution in [0.5, 0.6) is 0 Å². The molecule has 0 unspecified atom stereocenters. The van der Waals surface area contributed by atoms with E-state index in [1.165, 1.54) is 54.1 Å². The molecule has 14 heteroatoms. The van der Waals surface area contributed by atoms with Gasteiger partial charge < -0.3 is 14.6 Å². The minimum Gasteiger partial charge on any atom is -0.486 e. The van der Waals surface area contributed by atoms with Crippen LogP contribution in [0.1, 0.15) is 118 Å². The van der Waals surface area contributed by atoms with Gasteiger partial charge in [-0.25, -0.2) is 4.98 Å². The van der Waals surface area contributed by atoms with Gasteiger partial charge in [0, 0.05) is 93.0 Å². The predicted molar refractivity (Wildman–Crippen MR) is 400 cm³/mol. The van der Waals surface area contributed by atoms with Crippen molar-refractivity contribution in [3.8, 4) is 22.5 Å². The van der Waals surface area contributed by atoms with E-state index in [1.54, 1.807) is 12.4 Å². The fourth-order valence-corrected chi connectivity index (χ4v) is 17.8. The Kier molecular flexibility index (Phi) is 26.7. The number of ketones is 2. The van der Waals surface area contributed by atoms with Gasteiger partial charge in [-0.2, -0.15) is 0 Å². The van der Waals surface area contributed by atoms with Gasteiger partial charge in [0.1, 0.15) is 0 Å². The smallest absolute Gasteiger partial charge is 0.216 e. The summed E-state index contributed by atoms with van der Waals surface area (Å²) in [5.74, 6) is 8.43. The standard InChI is InChI=1S/C28H23GeN2O.C28H23N2OSi.2C13H24O2.2Ir/c1-17-14-21-20-10-7-13-30-28(20)32-27(21)22(15-17)25-16-23(29(2,3)4)26-19-9-6-5-8-18(19)11-12-24(26)31-25;1-17-14-21-20-10-7-13-29-28(20)31-27(21)22(15-17)24-16-25(32(2,3)4)26-19-9-6-5-8-18(19)11-12-23(26)30-24;2*1-5-10(6-2)12(14)9-13(15)11(7-3)8-4;;/h2*5-14,16H,1-4H3;2*9-11,14H,5-8H2,1-4H3;;/q2*-1;;;;. The summed E-state index contributed by atoms with van der Waals surface area (Å²) in [5.41, 5.74) is 10.8. The third kappa shape index (κ3) is 16.9. The number of pyridine rings is 4. The minimum atomic E-state index is -2.26. The van der Waals surface area contributed by atoms with Crippen molar-refractivity contribution in [1.82, 2.24) is 19.9 Å². The quantitative estimate of drug-likeness (QED) is 0.0279. The summed E-state index contributed by atoms with van der Waals surface area (Å²) in [4.78, 5) is 42.6. The summed E-state index contributed by atoms with van der Waals surface area (Å²) < 4.78 is 13.9. The Bertz CT molecular complexity index is 4470. The second-order valence-corrected chi connectivity index (χ2v) is 42.6. The molecule has 2 N–H and O–H groups in total. The number of aryl methyl sites for hydroxylation is 2. The maximum Gasteiger partial charge on any atom is 0.216 e. The van der Waals surface area contributed by atoms with E-state index >= 15 is 0 Å². The number of furan rings is 2. The molecule has 0 saturated heterocycles. The fourth-order valence-electron chi connectivity index (χ4n) is 12.9. The van der Waals surface area contributed by atoms with Crippen LogP contribution in [0.4, 0.5) is 0 Å². The number of aliphatic hydroxyl groups is 2. The summed E-state index contributed by atoms with van der Waals surface area (Å²) >= 11 is -2.26. The summed E-state index contributed by atoms with van der Waals surface area (Å²) in [6.45, 7) is 27.5. The number of carbonyl (C=O) groups excluding carboxylic acids is 2. The normalized spacial score (nSPS) is 12.2. The van der Waals surface area contributed by atoms with Crippen LogP contribution in [-0.4, -0.2) is 63.1 Å². The number of rotatable bonds is 18. The molecule has 0 saturated carbocycles. The van der Waals surface area contributed by atoms with E-state index in [0.717, 1.165) is 129 Å². The topological polar surface area (TPSA) is 152 Å². The first kappa shape index (κ1) is 76.4. The van der Waals surface area contributed by atoms with Gasteiger partial charge in [-0.15, -0.1) is 17.7 Å². The number of allylic oxidation sites excluding steroid dienone is 4. The first-order chi connectivity index (χ1) is 45.0. The molecule has 6 aromatic heterocycles. The van der Waals surface area contributed by atoms with Gasteiger partial charge in [0.2, 0.25) is 5.71 Å². The van der Waals surface area contributed by atoms with Crippen molar-refractivity contribution >= 4 is 130 Å². The largest absolute Gasteiger partial charge is 0.486 e. The number of nitrogens with zero attached hydrogens (tertiary/aromatic N) is 4. The molecule has 2 radical (unpaired) electrons. The Morgan fingerprint density at radius 1 is 0.490 bits per heavy atom. The van der Waals surface area contributed by atoms with Crippen molar-refractivity contribution in [3.05, 3.63) is 181 Å². The Labute approximate surface area is 598 Å². The number of hydrogen-bond acceptors (Lipinski definition) is 10. The number of benzene rings is 6. The average Bonchev–Trinajstić information content (AvgIpc) is 1.29. The fraction of sp³-hybridized carbons (Fsp3) is 0.341. The van der Waals surface area contributed by atoms with E-state index in [4.69, 9.17) is 18.8 Å². The van der Waals surface area contributed by atoms with E-state index in [2.05, 4.69) is 182 Å². The van der Waals surface area contributed by atoms with Crippen LogP contribution in [-0.2, 0) is 49.8 Å². The van der Waals surface area contributed by atoms with Crippen LogP contribution >= 0.6 is 0 Å². The van der Waals surface area contributed by atoms with Crippen molar-refractivity contribution < 1.29 is 68.8 Å². The zero-order chi connectivity index (χ0) is 67.8. The molecule has 0 spiro atoms. The van der Waals surface area contributed by atoms with Gasteiger partial charge in [0.15, 0.2) is 11.6 Å². The van der Waals surface area contributed by atoms with Gasteiger partial charge in [-0.3, -0.25) is 14.6 Å². The zero-order valence-corrected chi connectivity index (χ0v) is 66.7. The number of carbonyl (C=O) groups is 2. The molecule has 10 nitrogen and oxygen atoms in total. The Morgan fingerprint density at radius 2 is 0.865 bits per heavy atom. The van der Waals surface area contributed by atoms with Gasteiger partial charge in [-0.05, 0) is 86.0 Å². The van der Waals surface area contributed by atoms with Crippen molar-refractivity contribution in [2.24, 2.45) is 23.7 Å². The molecule has 0 bridgehead atoms. The third-order valence-corrected chi connectivity index (χ3v) is 24.7. The van der Waals surface area contributed by atoms with Crippen molar-refractivity contribution in [1.29, 1.82) is 0 Å². The Morgan fingerprint density at radius 3 is 1.26 bits per heavy atom. The second kappa shape index (κ2) is 33.5. The molecule has 96 heavy (non-hydrogen) atoms. The molecular weight excluding hydrogens is 1620 g/mol. The maximum absolute atomic E-state index is 11.7. The molecule has 6 aromatic carbocycles. The van der Waals surface area contributed by atoms with Gasteiger partial charge in [-0.1, -0.05) is 134 Å². The monoisotopic (exact) mass is 1720 g/mol. The molecule has 12 aromatic rings. The number of fused-ring (bicyclic) bond motifs is 12. The molecule has 506 valence electrons. The second-order valence-electron chi connectivity index (χ2n) is 27.0. The summed E-state index contributed by atoms with van der Waals surface area (Å²) in [6, 6.07) is 49.8. The first-order valence-electron chi connectivity index (χ1n) is 34.0. The molecule has 0 atom stereocenters. The van der Waals surface area contributed by atoms with Gasteiger partial charge in [0.05, 0.1) is 30.7 Å². The molecule has 6 heterocycles. The van der Waals surface area contributed by atoms with Gasteiger partial charge >= 0.3 is 190 Å². The molecule has 0 aliphatic rings. The van der Waals surface area contributed by atoms with Crippen molar-refractivity contribution in [3.63, 3.8) is 0 Å². The van der Waals surface area contributed by atoms with Crippen LogP contribution < -0.4 is 9.58 Å². The van der Waals surface area contributed by atoms with Crippen LogP contribution in [0.2, 0.25) is 36.9 Å². The van der Waals surface area contributed by atoms with Gasteiger partial charge in [0.25, 0.3) is 0 Å². The summed E-state index contributed by atoms with van der Waals surface area (Å²) in [5, 5.41) is 32.8. The Balaban J connectivity index is 0.000000191. The summed E-state index contributed by atoms with van der Waals surface area (Å²) in [7, 11) is -1.69. The predicted octanol–water partition coefficient (Wildman–Crippen LogP) is 21.7. The molecule has 0 amide bonds. The maximum atomic E-state index is 11.7. The first-order valence-corrected chi connectivity index (χ1v) is 44.8. The van der Waals surface area contributed by atoms with E-state index < -0.39 is 21.3 Å². The molecular formula is C82H94GeIr2N4O6Si-2. The number of aromatic nitrogens is 4. The van der Waals surface area contributed by atoms with Crippen LogP contribution in [0.15, 0.2) is 166 Å². The number of hydrogen-bond donors (Lipinski definition) is 2. The molecule has 12 rings (SSSR count). The van der Waals surface area contributed by atoms with E-state index in [-0.39, 0.29) is 87.0 Å². The summed E-state index contributed by atoms with van der Waals surface area (Å²) in [6.07, 6.45) is 13.3. The van der Waals surface area contributed by atoms with E-state index in [1.807, 2.05) is 67.5 Å². The SMILES string of the molecule is CCC(CC)C(=O)C=C(O)C(CC)CC.CCC(CC)C(=O)C=C(O)C(CC)CC.Cc1[c-]c(-c2c[c]([Ge]([CH3])([CH3])[CH3])c3c(ccc4ccccc43)n2)c2oc3ncccc3c2c1.Cc1[c-]c(-c2cc([Si](C)(C)C)c3c(ccc4ccccc43)n2)c2oc3ncccc3c2c1.[Ir].[Ir]. The average molecular weight is 1720 g/mol. The molecule has 0 aliphatic carbocycles. The minimum absolute atomic E-state index is 0. The molecule has 0 fully saturated rings. The van der Waals surface area contributed by atoms with Crippen LogP contribution in [0.3, 0.4) is 0 Å². The zero-order valence-electron chi connectivity index (χ0n) is 58.8.